The molecule has 0 radical (unpaired) electrons. The molecule has 0 unspecified atom stereocenters. The Hall–Kier alpha value is -3.73. The van der Waals surface area contributed by atoms with E-state index in [1.165, 1.54) is 18.3 Å². The van der Waals surface area contributed by atoms with Gasteiger partial charge in [0.25, 0.3) is 0 Å². The molecule has 0 amide bonds. The topological polar surface area (TPSA) is 82.4 Å². The van der Waals surface area contributed by atoms with E-state index in [1.807, 2.05) is 13.0 Å². The van der Waals surface area contributed by atoms with Gasteiger partial charge in [-0.15, -0.1) is 0 Å². The van der Waals surface area contributed by atoms with E-state index in [2.05, 4.69) is 25.8 Å². The highest BCUT2D eigenvalue weighted by molar-refractivity contribution is 5.96. The smallest absolute Gasteiger partial charge is 0.339 e. The molecule has 0 atom stereocenters. The molecule has 8 heteroatoms. The zero-order valence-electron chi connectivity index (χ0n) is 18.1. The van der Waals surface area contributed by atoms with Crippen LogP contribution in [0.15, 0.2) is 36.7 Å². The van der Waals surface area contributed by atoms with Crippen molar-refractivity contribution in [2.45, 2.75) is 20.3 Å². The normalized spacial score (nSPS) is 14.2. The zero-order chi connectivity index (χ0) is 22.7. The lowest BCUT2D eigenvalue weighted by atomic mass is 10.0. The summed E-state index contributed by atoms with van der Waals surface area (Å²) in [7, 11) is 0. The average molecular weight is 433 g/mol. The summed E-state index contributed by atoms with van der Waals surface area (Å²) in [4.78, 5) is 25.0. The number of rotatable bonds is 4. The monoisotopic (exact) mass is 433 g/mol. The van der Waals surface area contributed by atoms with Crippen LogP contribution in [0.25, 0.3) is 10.9 Å². The molecule has 0 N–H and O–H groups in total. The largest absolute Gasteiger partial charge is 0.462 e. The minimum absolute atomic E-state index is 0.320. The Labute approximate surface area is 186 Å². The first kappa shape index (κ1) is 21.5. The molecule has 0 aliphatic carbocycles. The molecule has 0 bridgehead atoms. The van der Waals surface area contributed by atoms with Crippen molar-refractivity contribution in [3.63, 3.8) is 0 Å². The van der Waals surface area contributed by atoms with Crippen molar-refractivity contribution in [1.29, 1.82) is 5.26 Å². The number of nitrogens with zero attached hydrogens (tertiary/aromatic N) is 5. The number of benzene rings is 1. The van der Waals surface area contributed by atoms with E-state index in [9.17, 15) is 14.4 Å². The number of hydrogen-bond acceptors (Lipinski definition) is 7. The Morgan fingerprint density at radius 1 is 1.16 bits per heavy atom. The van der Waals surface area contributed by atoms with Gasteiger partial charge in [-0.25, -0.2) is 14.2 Å². The van der Waals surface area contributed by atoms with Crippen LogP contribution in [-0.2, 0) is 4.74 Å². The van der Waals surface area contributed by atoms with Crippen molar-refractivity contribution in [3.05, 3.63) is 59.2 Å². The van der Waals surface area contributed by atoms with Crippen molar-refractivity contribution >= 4 is 28.4 Å². The standard InChI is InChI=1S/C24H24FN5O2/c1-3-32-24(31)17-5-6-21(27-14-17)29-7-4-8-30(10-9-29)23-18(13-26)15-28-22-16(2)11-19(25)12-20(22)23/h5-6,11-12,14-15H,3-4,7-10H2,1-2H3. The molecule has 1 aliphatic heterocycles. The first-order valence-corrected chi connectivity index (χ1v) is 10.6. The van der Waals surface area contributed by atoms with Gasteiger partial charge >= 0.3 is 5.97 Å². The maximum absolute atomic E-state index is 14.2. The van der Waals surface area contributed by atoms with Crippen LogP contribution in [0.1, 0.15) is 34.8 Å². The second kappa shape index (κ2) is 9.18. The molecule has 0 saturated carbocycles. The van der Waals surface area contributed by atoms with Gasteiger partial charge in [0.1, 0.15) is 17.7 Å². The summed E-state index contributed by atoms with van der Waals surface area (Å²) in [5.41, 5.74) is 3.04. The highest BCUT2D eigenvalue weighted by atomic mass is 19.1. The van der Waals surface area contributed by atoms with E-state index in [-0.39, 0.29) is 11.8 Å². The first-order valence-electron chi connectivity index (χ1n) is 10.6. The van der Waals surface area contributed by atoms with Gasteiger partial charge in [0.2, 0.25) is 0 Å². The number of carbonyl (C=O) groups is 1. The van der Waals surface area contributed by atoms with Crippen LogP contribution >= 0.6 is 0 Å². The number of fused-ring (bicyclic) bond motifs is 1. The lowest BCUT2D eigenvalue weighted by Gasteiger charge is -2.26. The molecule has 4 rings (SSSR count). The van der Waals surface area contributed by atoms with Crippen molar-refractivity contribution in [2.24, 2.45) is 0 Å². The zero-order valence-corrected chi connectivity index (χ0v) is 18.1. The van der Waals surface area contributed by atoms with Crippen LogP contribution in [0.3, 0.4) is 0 Å². The Morgan fingerprint density at radius 2 is 1.94 bits per heavy atom. The van der Waals surface area contributed by atoms with Crippen molar-refractivity contribution in [1.82, 2.24) is 9.97 Å². The molecule has 7 nitrogen and oxygen atoms in total. The molecule has 3 heterocycles. The number of aryl methyl sites for hydroxylation is 1. The number of nitriles is 1. The molecule has 2 aromatic heterocycles. The van der Waals surface area contributed by atoms with Gasteiger partial charge in [0.05, 0.1) is 28.9 Å². The number of anilines is 2. The molecule has 164 valence electrons. The van der Waals surface area contributed by atoms with Gasteiger partial charge in [0, 0.05) is 44.0 Å². The third kappa shape index (κ3) is 4.19. The number of aromatic nitrogens is 2. The number of esters is 1. The minimum atomic E-state index is -0.385. The summed E-state index contributed by atoms with van der Waals surface area (Å²) in [6, 6.07) is 8.68. The summed E-state index contributed by atoms with van der Waals surface area (Å²) in [6.45, 7) is 6.73. The van der Waals surface area contributed by atoms with Crippen molar-refractivity contribution in [2.75, 3.05) is 42.6 Å². The van der Waals surface area contributed by atoms with Crippen molar-refractivity contribution < 1.29 is 13.9 Å². The fraction of sp³-hybridized carbons (Fsp3) is 0.333. The lowest BCUT2D eigenvalue weighted by Crippen LogP contribution is -2.31. The average Bonchev–Trinajstić information content (AvgIpc) is 3.04. The SMILES string of the molecule is CCOC(=O)c1ccc(N2CCCN(c3c(C#N)cnc4c(C)cc(F)cc34)CC2)nc1. The van der Waals surface area contributed by atoms with Crippen LogP contribution in [0.4, 0.5) is 15.9 Å². The Bertz CT molecular complexity index is 1190. The quantitative estimate of drug-likeness (QED) is 0.578. The van der Waals surface area contributed by atoms with Crippen LogP contribution < -0.4 is 9.80 Å². The van der Waals surface area contributed by atoms with E-state index in [0.29, 0.717) is 41.7 Å². The van der Waals surface area contributed by atoms with Crippen LogP contribution in [0, 0.1) is 24.1 Å². The second-order valence-corrected chi connectivity index (χ2v) is 7.70. The summed E-state index contributed by atoms with van der Waals surface area (Å²) in [6.07, 6.45) is 3.94. The van der Waals surface area contributed by atoms with E-state index in [4.69, 9.17) is 4.74 Å². The Morgan fingerprint density at radius 3 is 2.66 bits per heavy atom. The Balaban J connectivity index is 1.60. The van der Waals surface area contributed by atoms with Crippen LogP contribution in [0.5, 0.6) is 0 Å². The number of hydrogen-bond donors (Lipinski definition) is 0. The highest BCUT2D eigenvalue weighted by Gasteiger charge is 2.22. The third-order valence-corrected chi connectivity index (χ3v) is 5.61. The second-order valence-electron chi connectivity index (χ2n) is 7.70. The number of carbonyl (C=O) groups excluding carboxylic acids is 1. The van der Waals surface area contributed by atoms with Crippen LogP contribution in [0.2, 0.25) is 0 Å². The number of pyridine rings is 2. The lowest BCUT2D eigenvalue weighted by molar-refractivity contribution is 0.0526. The molecule has 1 fully saturated rings. The maximum atomic E-state index is 14.2. The molecular weight excluding hydrogens is 409 g/mol. The molecule has 0 spiro atoms. The van der Waals surface area contributed by atoms with E-state index in [0.717, 1.165) is 36.6 Å². The first-order chi connectivity index (χ1) is 15.5. The van der Waals surface area contributed by atoms with E-state index in [1.54, 1.807) is 19.2 Å². The third-order valence-electron chi connectivity index (χ3n) is 5.61. The summed E-state index contributed by atoms with van der Waals surface area (Å²) >= 11 is 0. The number of ether oxygens (including phenoxy) is 1. The molecule has 1 aromatic carbocycles. The number of halogens is 1. The molecule has 32 heavy (non-hydrogen) atoms. The molecule has 1 aliphatic rings. The molecule has 3 aromatic rings. The highest BCUT2D eigenvalue weighted by Crippen LogP contribution is 2.32. The van der Waals surface area contributed by atoms with Crippen molar-refractivity contribution in [3.8, 4) is 6.07 Å². The molecule has 1 saturated heterocycles. The van der Waals surface area contributed by atoms with E-state index >= 15 is 0 Å². The van der Waals surface area contributed by atoms with Crippen LogP contribution in [-0.4, -0.2) is 48.7 Å². The summed E-state index contributed by atoms with van der Waals surface area (Å²) in [5.74, 6) is 0.0575. The predicted octanol–water partition coefficient (Wildman–Crippen LogP) is 3.84. The summed E-state index contributed by atoms with van der Waals surface area (Å²) in [5, 5.41) is 10.3. The van der Waals surface area contributed by atoms with Gasteiger partial charge in [0.15, 0.2) is 0 Å². The Kier molecular flexibility index (Phi) is 6.17. The minimum Gasteiger partial charge on any atom is -0.462 e. The fourth-order valence-corrected chi connectivity index (χ4v) is 4.12. The maximum Gasteiger partial charge on any atom is 0.339 e. The summed E-state index contributed by atoms with van der Waals surface area (Å²) < 4.78 is 19.2. The van der Waals surface area contributed by atoms with E-state index < -0.39 is 0 Å². The fourth-order valence-electron chi connectivity index (χ4n) is 4.12. The van der Waals surface area contributed by atoms with Gasteiger partial charge in [-0.1, -0.05) is 0 Å². The van der Waals surface area contributed by atoms with Gasteiger partial charge < -0.3 is 14.5 Å². The van der Waals surface area contributed by atoms with Gasteiger partial charge in [-0.05, 0) is 50.1 Å². The van der Waals surface area contributed by atoms with Gasteiger partial charge in [-0.3, -0.25) is 4.98 Å². The predicted molar refractivity (Wildman–Crippen MR) is 120 cm³/mol. The molecular formula is C24H24FN5O2. The van der Waals surface area contributed by atoms with Gasteiger partial charge in [-0.2, -0.15) is 5.26 Å².